The molecular formula is C33H47NO3. The van der Waals surface area contributed by atoms with E-state index >= 15 is 0 Å². The number of benzene rings is 2. The fourth-order valence-electron chi connectivity index (χ4n) is 5.74. The van der Waals surface area contributed by atoms with E-state index in [1.807, 2.05) is 0 Å². The minimum Gasteiger partial charge on any atom is -0.497 e. The molecule has 4 nitrogen and oxygen atoms in total. The highest BCUT2D eigenvalue weighted by Gasteiger charge is 2.33. The number of ether oxygens (including phenoxy) is 2. The van der Waals surface area contributed by atoms with Crippen LogP contribution < -0.4 is 14.4 Å². The highest BCUT2D eigenvalue weighted by atomic mass is 16.5. The highest BCUT2D eigenvalue weighted by Crippen LogP contribution is 2.45. The number of carbonyl (C=O) groups excluding carboxylic acids is 1. The van der Waals surface area contributed by atoms with Crippen LogP contribution in [0.25, 0.3) is 0 Å². The quantitative estimate of drug-likeness (QED) is 0.295. The summed E-state index contributed by atoms with van der Waals surface area (Å²) < 4.78 is 11.9. The monoisotopic (exact) mass is 505 g/mol. The van der Waals surface area contributed by atoms with Crippen LogP contribution in [0.4, 0.5) is 5.69 Å². The molecular weight excluding hydrogens is 458 g/mol. The molecule has 0 aromatic heterocycles. The Balaban J connectivity index is 1.32. The molecule has 2 aliphatic rings. The average molecular weight is 506 g/mol. The molecule has 0 spiro atoms. The summed E-state index contributed by atoms with van der Waals surface area (Å²) >= 11 is 0. The molecule has 1 heterocycles. The Labute approximate surface area is 224 Å². The van der Waals surface area contributed by atoms with Gasteiger partial charge >= 0.3 is 0 Å². The van der Waals surface area contributed by atoms with Crippen LogP contribution in [-0.4, -0.2) is 32.6 Å². The molecule has 2 aromatic carbocycles. The van der Waals surface area contributed by atoms with E-state index in [4.69, 9.17) is 9.47 Å². The van der Waals surface area contributed by atoms with Crippen molar-refractivity contribution in [2.24, 2.45) is 17.3 Å². The summed E-state index contributed by atoms with van der Waals surface area (Å²) in [7, 11) is 1.75. The van der Waals surface area contributed by atoms with Gasteiger partial charge in [-0.3, -0.25) is 0 Å². The van der Waals surface area contributed by atoms with E-state index in [1.165, 1.54) is 42.5 Å². The minimum atomic E-state index is 0.281. The predicted molar refractivity (Wildman–Crippen MR) is 153 cm³/mol. The van der Waals surface area contributed by atoms with Crippen molar-refractivity contribution in [3.8, 4) is 11.5 Å². The van der Waals surface area contributed by atoms with E-state index in [-0.39, 0.29) is 5.78 Å². The summed E-state index contributed by atoms with van der Waals surface area (Å²) in [5, 5.41) is 0. The molecule has 1 aliphatic carbocycles. The summed E-state index contributed by atoms with van der Waals surface area (Å²) in [5.41, 5.74) is 4.42. The Kier molecular flexibility index (Phi) is 9.21. The van der Waals surface area contributed by atoms with Crippen LogP contribution in [0.3, 0.4) is 0 Å². The molecule has 4 rings (SSSR count). The first kappa shape index (κ1) is 27.5. The lowest BCUT2D eigenvalue weighted by molar-refractivity contribution is -0.117. The summed E-state index contributed by atoms with van der Waals surface area (Å²) in [6.07, 6.45) is 8.95. The molecule has 2 aromatic rings. The van der Waals surface area contributed by atoms with Gasteiger partial charge in [0.15, 0.2) is 0 Å². The number of piperidine rings is 1. The molecule has 0 N–H and O–H groups in total. The number of Topliss-reactive ketones (excluding diaryl/α,β-unsaturated/α-hetero) is 1. The van der Waals surface area contributed by atoms with Crippen molar-refractivity contribution >= 4 is 11.5 Å². The molecule has 2 fully saturated rings. The molecule has 1 saturated heterocycles. The molecule has 37 heavy (non-hydrogen) atoms. The van der Waals surface area contributed by atoms with Gasteiger partial charge < -0.3 is 19.2 Å². The van der Waals surface area contributed by atoms with Crippen LogP contribution in [0.1, 0.15) is 89.7 Å². The molecule has 0 radical (unpaired) electrons. The first-order chi connectivity index (χ1) is 17.7. The van der Waals surface area contributed by atoms with Gasteiger partial charge in [-0.2, -0.15) is 0 Å². The minimum absolute atomic E-state index is 0.281. The number of nitrogens with zero attached hydrogens (tertiary/aromatic N) is 1. The lowest BCUT2D eigenvalue weighted by atomic mass is 9.88. The van der Waals surface area contributed by atoms with Crippen molar-refractivity contribution in [1.29, 1.82) is 0 Å². The highest BCUT2D eigenvalue weighted by molar-refractivity contribution is 5.76. The fourth-order valence-corrected chi connectivity index (χ4v) is 5.74. The van der Waals surface area contributed by atoms with Crippen LogP contribution >= 0.6 is 0 Å². The van der Waals surface area contributed by atoms with E-state index in [0.29, 0.717) is 29.6 Å². The Bertz CT molecular complexity index is 1030. The summed E-state index contributed by atoms with van der Waals surface area (Å²) in [6.45, 7) is 11.5. The number of hydrogen-bond acceptors (Lipinski definition) is 4. The van der Waals surface area contributed by atoms with Gasteiger partial charge in [0.1, 0.15) is 17.3 Å². The zero-order valence-electron chi connectivity index (χ0n) is 23.7. The van der Waals surface area contributed by atoms with Crippen molar-refractivity contribution < 1.29 is 14.3 Å². The number of ketones is 1. The first-order valence-electron chi connectivity index (χ1n) is 14.4. The van der Waals surface area contributed by atoms with Crippen molar-refractivity contribution in [1.82, 2.24) is 0 Å². The molecule has 1 unspecified atom stereocenters. The van der Waals surface area contributed by atoms with Crippen LogP contribution in [0.2, 0.25) is 0 Å². The maximum Gasteiger partial charge on any atom is 0.130 e. The van der Waals surface area contributed by atoms with Gasteiger partial charge in [0, 0.05) is 31.3 Å². The normalized spacial score (nSPS) is 17.5. The van der Waals surface area contributed by atoms with Gasteiger partial charge in [0.2, 0.25) is 0 Å². The van der Waals surface area contributed by atoms with Gasteiger partial charge in [-0.25, -0.2) is 0 Å². The smallest absolute Gasteiger partial charge is 0.130 e. The molecule has 0 bridgehead atoms. The van der Waals surface area contributed by atoms with E-state index in [9.17, 15) is 4.79 Å². The van der Waals surface area contributed by atoms with Crippen molar-refractivity contribution in [3.63, 3.8) is 0 Å². The lowest BCUT2D eigenvalue weighted by Crippen LogP contribution is -2.36. The number of carbonyl (C=O) groups is 1. The van der Waals surface area contributed by atoms with Gasteiger partial charge in [-0.1, -0.05) is 39.0 Å². The Morgan fingerprint density at radius 1 is 1.03 bits per heavy atom. The van der Waals surface area contributed by atoms with Crippen molar-refractivity contribution in [3.05, 3.63) is 53.6 Å². The van der Waals surface area contributed by atoms with E-state index < -0.39 is 0 Å². The number of aryl methyl sites for hydroxylation is 1. The standard InChI is InChI=1S/C33H47NO3/c1-24(35)20-31(26-11-12-26)28-8-6-10-30(21-28)37-23-25-15-18-34(19-16-25)32-22-29(36-5)14-13-27(32)9-7-17-33(2,3)4/h6,8,10,13-14,21-22,25-26,31H,7,9,11-12,15-20,23H2,1-5H3. The van der Waals surface area contributed by atoms with E-state index in [1.54, 1.807) is 14.0 Å². The fraction of sp³-hybridized carbons (Fsp3) is 0.606. The molecule has 4 heteroatoms. The SMILES string of the molecule is COc1ccc(CCCC(C)(C)C)c(N2CCC(COc3cccc(C(CC(C)=O)C4CC4)c3)CC2)c1. The molecule has 1 saturated carbocycles. The van der Waals surface area contributed by atoms with Crippen LogP contribution in [0, 0.1) is 17.3 Å². The summed E-state index contributed by atoms with van der Waals surface area (Å²) in [6, 6.07) is 15.1. The zero-order valence-corrected chi connectivity index (χ0v) is 23.7. The number of rotatable bonds is 12. The second-order valence-electron chi connectivity index (χ2n) is 12.6. The van der Waals surface area contributed by atoms with Gasteiger partial charge in [0.05, 0.1) is 13.7 Å². The maximum absolute atomic E-state index is 11.8. The first-order valence-corrected chi connectivity index (χ1v) is 14.4. The predicted octanol–water partition coefficient (Wildman–Crippen LogP) is 7.83. The van der Waals surface area contributed by atoms with Crippen molar-refractivity contribution in [2.75, 3.05) is 31.7 Å². The average Bonchev–Trinajstić information content (AvgIpc) is 3.71. The molecule has 202 valence electrons. The Morgan fingerprint density at radius 2 is 1.78 bits per heavy atom. The second kappa shape index (κ2) is 12.4. The topological polar surface area (TPSA) is 38.8 Å². The van der Waals surface area contributed by atoms with Gasteiger partial charge in [-0.05, 0) is 104 Å². The second-order valence-corrected chi connectivity index (χ2v) is 12.6. The lowest BCUT2D eigenvalue weighted by Gasteiger charge is -2.35. The largest absolute Gasteiger partial charge is 0.497 e. The number of hydrogen-bond donors (Lipinski definition) is 0. The van der Waals surface area contributed by atoms with Gasteiger partial charge in [-0.15, -0.1) is 0 Å². The molecule has 1 atom stereocenters. The molecule has 1 aliphatic heterocycles. The third kappa shape index (κ3) is 8.25. The zero-order chi connectivity index (χ0) is 26.4. The van der Waals surface area contributed by atoms with Crippen LogP contribution in [0.5, 0.6) is 11.5 Å². The van der Waals surface area contributed by atoms with Crippen molar-refractivity contribution in [2.45, 2.75) is 85.0 Å². The van der Waals surface area contributed by atoms with E-state index in [0.717, 1.165) is 50.5 Å². The number of methoxy groups -OCH3 is 1. The Hall–Kier alpha value is -2.49. The third-order valence-corrected chi connectivity index (χ3v) is 8.09. The summed E-state index contributed by atoms with van der Waals surface area (Å²) in [5.74, 6) is 3.75. The number of anilines is 1. The third-order valence-electron chi connectivity index (χ3n) is 8.09. The molecule has 0 amide bonds. The maximum atomic E-state index is 11.8. The summed E-state index contributed by atoms with van der Waals surface area (Å²) in [4.78, 5) is 14.4. The Morgan fingerprint density at radius 3 is 2.43 bits per heavy atom. The van der Waals surface area contributed by atoms with Gasteiger partial charge in [0.25, 0.3) is 0 Å². The van der Waals surface area contributed by atoms with E-state index in [2.05, 4.69) is 68.1 Å². The van der Waals surface area contributed by atoms with Crippen LogP contribution in [-0.2, 0) is 11.2 Å². The van der Waals surface area contributed by atoms with Crippen LogP contribution in [0.15, 0.2) is 42.5 Å².